The maximum absolute atomic E-state index is 6.00. The van der Waals surface area contributed by atoms with Gasteiger partial charge in [0.15, 0.2) is 0 Å². The van der Waals surface area contributed by atoms with Crippen LogP contribution in [-0.4, -0.2) is 31.3 Å². The maximum Gasteiger partial charge on any atom is 0.106 e. The summed E-state index contributed by atoms with van der Waals surface area (Å²) in [6.07, 6.45) is 2.48. The van der Waals surface area contributed by atoms with Crippen LogP contribution < -0.4 is 10.6 Å². The first-order valence-corrected chi connectivity index (χ1v) is 6.77. The topological polar surface area (TPSA) is 38.5 Å². The van der Waals surface area contributed by atoms with Crippen LogP contribution >= 0.6 is 23.8 Å². The van der Waals surface area contributed by atoms with Gasteiger partial charge in [-0.2, -0.15) is 0 Å². The van der Waals surface area contributed by atoms with Crippen LogP contribution in [0.4, 0.5) is 5.69 Å². The van der Waals surface area contributed by atoms with E-state index in [2.05, 4.69) is 4.90 Å². The monoisotopic (exact) mass is 284 g/mol. The van der Waals surface area contributed by atoms with Crippen molar-refractivity contribution < 1.29 is 4.74 Å². The zero-order valence-corrected chi connectivity index (χ0v) is 11.9. The second-order valence-corrected chi connectivity index (χ2v) is 5.35. The van der Waals surface area contributed by atoms with Gasteiger partial charge in [0.2, 0.25) is 0 Å². The van der Waals surface area contributed by atoms with Gasteiger partial charge >= 0.3 is 0 Å². The second-order valence-electron chi connectivity index (χ2n) is 4.47. The largest absolute Gasteiger partial charge is 0.389 e. The highest BCUT2D eigenvalue weighted by molar-refractivity contribution is 7.80. The van der Waals surface area contributed by atoms with Crippen LogP contribution in [0.5, 0.6) is 0 Å². The molecule has 5 heteroatoms. The highest BCUT2D eigenvalue weighted by Crippen LogP contribution is 2.27. The number of methoxy groups -OCH3 is 1. The van der Waals surface area contributed by atoms with Gasteiger partial charge in [-0.1, -0.05) is 23.8 Å². The fourth-order valence-corrected chi connectivity index (χ4v) is 2.67. The summed E-state index contributed by atoms with van der Waals surface area (Å²) in [7, 11) is 1.75. The number of ether oxygens (including phenoxy) is 1. The summed E-state index contributed by atoms with van der Waals surface area (Å²) in [5.41, 5.74) is 7.66. The SMILES string of the molecule is COC1CCCN(c2ccc(Cl)cc2C(N)=S)C1. The highest BCUT2D eigenvalue weighted by Gasteiger charge is 2.22. The van der Waals surface area contributed by atoms with Crippen molar-refractivity contribution in [3.8, 4) is 0 Å². The molecule has 1 atom stereocenters. The lowest BCUT2D eigenvalue weighted by Crippen LogP contribution is -2.40. The van der Waals surface area contributed by atoms with Crippen LogP contribution in [0.1, 0.15) is 18.4 Å². The minimum atomic E-state index is 0.272. The predicted molar refractivity (Wildman–Crippen MR) is 79.6 cm³/mol. The van der Waals surface area contributed by atoms with E-state index in [1.807, 2.05) is 18.2 Å². The third kappa shape index (κ3) is 2.94. The number of nitrogens with two attached hydrogens (primary N) is 1. The molecule has 0 spiro atoms. The molecule has 0 aliphatic carbocycles. The molecule has 1 saturated heterocycles. The van der Waals surface area contributed by atoms with Crippen LogP contribution in [-0.2, 0) is 4.74 Å². The Hall–Kier alpha value is -0.840. The third-order valence-electron chi connectivity index (χ3n) is 3.28. The fraction of sp³-hybridized carbons (Fsp3) is 0.462. The van der Waals surface area contributed by atoms with E-state index in [9.17, 15) is 0 Å². The van der Waals surface area contributed by atoms with E-state index in [1.165, 1.54) is 0 Å². The van der Waals surface area contributed by atoms with Gasteiger partial charge in [-0.05, 0) is 31.0 Å². The zero-order valence-electron chi connectivity index (χ0n) is 10.4. The number of anilines is 1. The Morgan fingerprint density at radius 2 is 2.33 bits per heavy atom. The number of rotatable bonds is 3. The molecule has 1 heterocycles. The molecule has 2 N–H and O–H groups in total. The molecule has 0 aromatic heterocycles. The van der Waals surface area contributed by atoms with E-state index in [1.54, 1.807) is 7.11 Å². The van der Waals surface area contributed by atoms with Crippen molar-refractivity contribution in [2.45, 2.75) is 18.9 Å². The Morgan fingerprint density at radius 3 is 3.00 bits per heavy atom. The standard InChI is InChI=1S/C13H17ClN2OS/c1-17-10-3-2-6-16(8-10)12-5-4-9(14)7-11(12)13(15)18/h4-5,7,10H,2-3,6,8H2,1H3,(H2,15,18). The average Bonchev–Trinajstić information content (AvgIpc) is 2.38. The van der Waals surface area contributed by atoms with Crippen LogP contribution in [0.25, 0.3) is 0 Å². The van der Waals surface area contributed by atoms with E-state index < -0.39 is 0 Å². The van der Waals surface area contributed by atoms with Gasteiger partial charge in [-0.3, -0.25) is 0 Å². The van der Waals surface area contributed by atoms with Crippen molar-refractivity contribution in [2.75, 3.05) is 25.1 Å². The molecule has 0 radical (unpaired) electrons. The first-order chi connectivity index (χ1) is 8.61. The molecule has 18 heavy (non-hydrogen) atoms. The summed E-state index contributed by atoms with van der Waals surface area (Å²) in [6, 6.07) is 5.68. The van der Waals surface area contributed by atoms with Crippen LogP contribution in [0.3, 0.4) is 0 Å². The van der Waals surface area contributed by atoms with Gasteiger partial charge in [0.1, 0.15) is 4.99 Å². The number of piperidine rings is 1. The first kappa shape index (κ1) is 13.6. The van der Waals surface area contributed by atoms with E-state index >= 15 is 0 Å². The molecule has 0 amide bonds. The van der Waals surface area contributed by atoms with Crippen molar-refractivity contribution in [3.63, 3.8) is 0 Å². The molecule has 2 rings (SSSR count). The number of benzene rings is 1. The molecular weight excluding hydrogens is 268 g/mol. The molecule has 1 aromatic rings. The van der Waals surface area contributed by atoms with Crippen LogP contribution in [0, 0.1) is 0 Å². The molecule has 3 nitrogen and oxygen atoms in total. The van der Waals surface area contributed by atoms with Gasteiger partial charge in [0, 0.05) is 36.5 Å². The fourth-order valence-electron chi connectivity index (χ4n) is 2.33. The number of hydrogen-bond donors (Lipinski definition) is 1. The van der Waals surface area contributed by atoms with E-state index in [4.69, 9.17) is 34.3 Å². The van der Waals surface area contributed by atoms with Crippen LogP contribution in [0.15, 0.2) is 18.2 Å². The first-order valence-electron chi connectivity index (χ1n) is 5.99. The molecule has 1 aliphatic rings. The Balaban J connectivity index is 2.29. The Bertz CT molecular complexity index is 453. The number of halogens is 1. The summed E-state index contributed by atoms with van der Waals surface area (Å²) in [6.45, 7) is 1.87. The summed E-state index contributed by atoms with van der Waals surface area (Å²) >= 11 is 11.1. The van der Waals surface area contributed by atoms with Crippen molar-refractivity contribution in [2.24, 2.45) is 5.73 Å². The molecule has 1 aromatic carbocycles. The minimum Gasteiger partial charge on any atom is -0.389 e. The van der Waals surface area contributed by atoms with Gasteiger partial charge in [-0.15, -0.1) is 0 Å². The molecule has 1 aliphatic heterocycles. The second kappa shape index (κ2) is 5.87. The van der Waals surface area contributed by atoms with Gasteiger partial charge in [0.05, 0.1) is 6.10 Å². The predicted octanol–water partition coefficient (Wildman–Crippen LogP) is 2.59. The molecule has 1 fully saturated rings. The average molecular weight is 285 g/mol. The summed E-state index contributed by atoms with van der Waals surface area (Å²) < 4.78 is 5.44. The zero-order chi connectivity index (χ0) is 13.1. The lowest BCUT2D eigenvalue weighted by atomic mass is 10.1. The maximum atomic E-state index is 6.00. The molecule has 98 valence electrons. The van der Waals surface area contributed by atoms with E-state index in [0.29, 0.717) is 10.0 Å². The van der Waals surface area contributed by atoms with Crippen molar-refractivity contribution in [3.05, 3.63) is 28.8 Å². The number of hydrogen-bond acceptors (Lipinski definition) is 3. The summed E-state index contributed by atoms with van der Waals surface area (Å²) in [5, 5.41) is 0.654. The smallest absolute Gasteiger partial charge is 0.106 e. The van der Waals surface area contributed by atoms with Gasteiger partial charge in [-0.25, -0.2) is 0 Å². The highest BCUT2D eigenvalue weighted by atomic mass is 35.5. The van der Waals surface area contributed by atoms with E-state index in [-0.39, 0.29) is 6.10 Å². The third-order valence-corrected chi connectivity index (χ3v) is 3.73. The molecule has 1 unspecified atom stereocenters. The van der Waals surface area contributed by atoms with E-state index in [0.717, 1.165) is 37.2 Å². The van der Waals surface area contributed by atoms with Crippen molar-refractivity contribution >= 4 is 34.5 Å². The quantitative estimate of drug-likeness (QED) is 0.866. The minimum absolute atomic E-state index is 0.272. The normalized spacial score (nSPS) is 19.9. The lowest BCUT2D eigenvalue weighted by molar-refractivity contribution is 0.0893. The van der Waals surface area contributed by atoms with Crippen molar-refractivity contribution in [1.29, 1.82) is 0 Å². The molecular formula is C13H17ClN2OS. The Morgan fingerprint density at radius 1 is 1.56 bits per heavy atom. The molecule has 0 saturated carbocycles. The van der Waals surface area contributed by atoms with Gasteiger partial charge in [0.25, 0.3) is 0 Å². The van der Waals surface area contributed by atoms with Crippen LogP contribution in [0.2, 0.25) is 5.02 Å². The Labute approximate surface area is 118 Å². The summed E-state index contributed by atoms with van der Waals surface area (Å²) in [4.78, 5) is 2.65. The lowest BCUT2D eigenvalue weighted by Gasteiger charge is -2.34. The van der Waals surface area contributed by atoms with Gasteiger partial charge < -0.3 is 15.4 Å². The van der Waals surface area contributed by atoms with Crippen molar-refractivity contribution in [1.82, 2.24) is 0 Å². The number of nitrogens with zero attached hydrogens (tertiary/aromatic N) is 1. The Kier molecular flexibility index (Phi) is 4.43. The summed E-state index contributed by atoms with van der Waals surface area (Å²) in [5.74, 6) is 0. The number of thiocarbonyl (C=S) groups is 1. The molecule has 0 bridgehead atoms.